The number of hydrogen-bond donors (Lipinski definition) is 10. The Kier molecular flexibility index (Phi) is 20.4. The summed E-state index contributed by atoms with van der Waals surface area (Å²) in [4.78, 5) is 106. The molecule has 1 fully saturated rings. The minimum Gasteiger partial charge on any atom is -0.481 e. The van der Waals surface area contributed by atoms with Crippen LogP contribution in [0.15, 0.2) is 59.6 Å². The highest BCUT2D eigenvalue weighted by Gasteiger charge is 2.34. The first kappa shape index (κ1) is 47.7. The highest BCUT2D eigenvalue weighted by Crippen LogP contribution is 2.17. The van der Waals surface area contributed by atoms with Gasteiger partial charge in [0, 0.05) is 19.5 Å². The van der Waals surface area contributed by atoms with Crippen LogP contribution in [0, 0.1) is 0 Å². The lowest BCUT2D eigenvalue weighted by atomic mass is 10.0. The molecular formula is C38H51N9O13. The van der Waals surface area contributed by atoms with E-state index in [0.717, 1.165) is 0 Å². The number of amides is 6. The largest absolute Gasteiger partial charge is 0.481 e. The monoisotopic (exact) mass is 841 g/mol. The second-order valence-corrected chi connectivity index (χ2v) is 13.3. The van der Waals surface area contributed by atoms with Crippen LogP contribution in [0.2, 0.25) is 0 Å². The zero-order chi connectivity index (χ0) is 43.9. The number of nitrogens with zero attached hydrogens (tertiary/aromatic N) is 1. The number of aliphatic imine (C=N–C) groups is 1. The molecule has 6 amide bonds. The molecule has 0 aromatic heterocycles. The Morgan fingerprint density at radius 2 is 1.33 bits per heavy atom. The number of rotatable bonds is 21. The van der Waals surface area contributed by atoms with E-state index in [1.165, 1.54) is 12.1 Å². The summed E-state index contributed by atoms with van der Waals surface area (Å²) in [6.45, 7) is -0.718. The Balaban J connectivity index is 1.83. The van der Waals surface area contributed by atoms with Crippen molar-refractivity contribution in [2.24, 2.45) is 16.5 Å². The molecule has 1 saturated heterocycles. The van der Waals surface area contributed by atoms with Crippen molar-refractivity contribution in [3.05, 3.63) is 71.3 Å². The molecule has 2 aromatic rings. The van der Waals surface area contributed by atoms with Crippen LogP contribution >= 0.6 is 0 Å². The Bertz CT molecular complexity index is 1810. The van der Waals surface area contributed by atoms with Gasteiger partial charge in [-0.1, -0.05) is 54.6 Å². The first-order valence-corrected chi connectivity index (χ1v) is 18.8. The number of nitrogens with one attached hydrogen (secondary N) is 6. The molecule has 0 aliphatic carbocycles. The molecule has 22 heteroatoms. The number of carboxylic acids is 2. The molecule has 0 saturated carbocycles. The number of carbonyl (C=O) groups excluding carboxylic acids is 6. The number of carbonyl (C=O) groups is 8. The van der Waals surface area contributed by atoms with Crippen LogP contribution in [0.3, 0.4) is 0 Å². The molecule has 2 aromatic carbocycles. The average molecular weight is 842 g/mol. The molecule has 0 bridgehead atoms. The summed E-state index contributed by atoms with van der Waals surface area (Å²) in [7, 11) is 0. The Hall–Kier alpha value is -6.65. The molecule has 3 rings (SSSR count). The van der Waals surface area contributed by atoms with E-state index in [2.05, 4.69) is 36.9 Å². The first-order valence-electron chi connectivity index (χ1n) is 18.8. The lowest BCUT2D eigenvalue weighted by molar-refractivity contribution is -0.143. The summed E-state index contributed by atoms with van der Waals surface area (Å²) in [5.41, 5.74) is 12.3. The number of nitrogens with two attached hydrogens (primary N) is 2. The zero-order valence-electron chi connectivity index (χ0n) is 32.7. The second-order valence-electron chi connectivity index (χ2n) is 13.3. The number of hydrogen-bond acceptors (Lipinski definition) is 12. The molecule has 1 heterocycles. The third-order valence-corrected chi connectivity index (χ3v) is 8.50. The van der Waals surface area contributed by atoms with Gasteiger partial charge in [0.1, 0.15) is 37.4 Å². The lowest BCUT2D eigenvalue weighted by Gasteiger charge is -2.26. The van der Waals surface area contributed by atoms with Crippen LogP contribution in [0.1, 0.15) is 42.0 Å². The van der Waals surface area contributed by atoms with E-state index in [9.17, 15) is 43.5 Å². The fraction of sp³-hybridized carbons (Fsp3) is 0.447. The van der Waals surface area contributed by atoms with Crippen LogP contribution < -0.4 is 43.4 Å². The second kappa shape index (κ2) is 25.7. The fourth-order valence-electron chi connectivity index (χ4n) is 5.56. The van der Waals surface area contributed by atoms with Crippen LogP contribution in [0.4, 0.5) is 0 Å². The molecule has 0 unspecified atom stereocenters. The third kappa shape index (κ3) is 18.3. The summed E-state index contributed by atoms with van der Waals surface area (Å²) in [6.07, 6.45) is -0.728. The van der Waals surface area contributed by atoms with Crippen molar-refractivity contribution in [1.82, 2.24) is 31.9 Å². The maximum atomic E-state index is 14.1. The van der Waals surface area contributed by atoms with E-state index in [1.807, 2.05) is 0 Å². The van der Waals surface area contributed by atoms with Crippen molar-refractivity contribution < 1.29 is 62.8 Å². The van der Waals surface area contributed by atoms with Crippen LogP contribution in [0.25, 0.3) is 0 Å². The molecule has 326 valence electrons. The summed E-state index contributed by atoms with van der Waals surface area (Å²) in [6, 6.07) is 9.09. The molecule has 1 aliphatic rings. The van der Waals surface area contributed by atoms with Gasteiger partial charge in [-0.05, 0) is 29.5 Å². The summed E-state index contributed by atoms with van der Waals surface area (Å²) < 4.78 is 15.4. The van der Waals surface area contributed by atoms with E-state index < -0.39 is 91.1 Å². The van der Waals surface area contributed by atoms with Crippen LogP contribution in [-0.2, 0) is 65.5 Å². The smallest absolute Gasteiger partial charge is 0.329 e. The Morgan fingerprint density at radius 1 is 0.700 bits per heavy atom. The number of ether oxygens (including phenoxy) is 3. The minimum atomic E-state index is -1.63. The molecule has 12 N–H and O–H groups in total. The zero-order valence-corrected chi connectivity index (χ0v) is 32.7. The van der Waals surface area contributed by atoms with Crippen molar-refractivity contribution in [3.8, 4) is 0 Å². The predicted molar refractivity (Wildman–Crippen MR) is 210 cm³/mol. The molecule has 22 nitrogen and oxygen atoms in total. The lowest BCUT2D eigenvalue weighted by Crippen LogP contribution is -2.56. The molecule has 0 spiro atoms. The van der Waals surface area contributed by atoms with E-state index in [4.69, 9.17) is 30.8 Å². The van der Waals surface area contributed by atoms with Crippen molar-refractivity contribution in [2.75, 3.05) is 52.7 Å². The molecule has 60 heavy (non-hydrogen) atoms. The maximum Gasteiger partial charge on any atom is 0.329 e. The van der Waals surface area contributed by atoms with Gasteiger partial charge in [-0.3, -0.25) is 38.6 Å². The number of guanidine groups is 1. The van der Waals surface area contributed by atoms with Gasteiger partial charge in [0.2, 0.25) is 35.4 Å². The number of carboxylic acid groups (broad SMARTS) is 2. The number of aliphatic carboxylic acids is 2. The SMILES string of the molecule is NC(N)=NCCC[C@@H]1NC(=O)[C@H](c2ccc(CNC(=O)COCCOCCOCC(=O)O)cc2)NC(=O)[C@@H](Cc2ccccc2)NC(=O)[C@H](CC(=O)O)NC(=O)CNC1=O. The van der Waals surface area contributed by atoms with E-state index in [-0.39, 0.29) is 76.9 Å². The predicted octanol–water partition coefficient (Wildman–Crippen LogP) is -3.05. The van der Waals surface area contributed by atoms with Gasteiger partial charge in [0.25, 0.3) is 0 Å². The van der Waals surface area contributed by atoms with Gasteiger partial charge in [0.15, 0.2) is 5.96 Å². The molecule has 1 aliphatic heterocycles. The van der Waals surface area contributed by atoms with Gasteiger partial charge in [-0.2, -0.15) is 0 Å². The highest BCUT2D eigenvalue weighted by molar-refractivity contribution is 5.98. The maximum absolute atomic E-state index is 14.1. The van der Waals surface area contributed by atoms with Gasteiger partial charge in [0.05, 0.1) is 39.4 Å². The topological polar surface area (TPSA) is 341 Å². The highest BCUT2D eigenvalue weighted by atomic mass is 16.5. The van der Waals surface area contributed by atoms with Crippen LogP contribution in [0.5, 0.6) is 0 Å². The molecule has 4 atom stereocenters. The Labute approximate surface area is 344 Å². The van der Waals surface area contributed by atoms with Crippen molar-refractivity contribution in [2.45, 2.75) is 56.4 Å². The van der Waals surface area contributed by atoms with Crippen molar-refractivity contribution in [3.63, 3.8) is 0 Å². The quantitative estimate of drug-likeness (QED) is 0.0339. The average Bonchev–Trinajstić information content (AvgIpc) is 3.21. The summed E-state index contributed by atoms with van der Waals surface area (Å²) in [5, 5.41) is 33.2. The summed E-state index contributed by atoms with van der Waals surface area (Å²) in [5.74, 6) is -7.50. The van der Waals surface area contributed by atoms with E-state index in [0.29, 0.717) is 11.1 Å². The third-order valence-electron chi connectivity index (χ3n) is 8.50. The standard InChI is InChI=1S/C38H51N9O13/c39-38(40)41-12-4-7-26-34(54)43-20-29(48)44-28(18-31(50)51)35(55)46-27(17-23-5-2-1-3-6-23)36(56)47-33(37(57)45-26)25-10-8-24(9-11-25)19-42-30(49)21-59-15-13-58-14-16-60-22-32(52)53/h1-3,5-6,8-11,26-28,33H,4,7,12-22H2,(H,42,49)(H,43,54)(H,44,48)(H,45,57)(H,46,55)(H,47,56)(H,50,51)(H,52,53)(H4,39,40,41)/t26-,27+,28-,33-/m0/s1. The number of benzene rings is 2. The normalized spacial score (nSPS) is 18.9. The first-order chi connectivity index (χ1) is 28.7. The fourth-order valence-corrected chi connectivity index (χ4v) is 5.56. The van der Waals surface area contributed by atoms with Crippen LogP contribution in [-0.4, -0.2) is 134 Å². The van der Waals surface area contributed by atoms with E-state index in [1.54, 1.807) is 42.5 Å². The van der Waals surface area contributed by atoms with Gasteiger partial charge >= 0.3 is 11.9 Å². The minimum absolute atomic E-state index is 0.00607. The van der Waals surface area contributed by atoms with E-state index >= 15 is 0 Å². The Morgan fingerprint density at radius 3 is 1.98 bits per heavy atom. The molecule has 0 radical (unpaired) electrons. The van der Waals surface area contributed by atoms with Gasteiger partial charge < -0.3 is 67.8 Å². The summed E-state index contributed by atoms with van der Waals surface area (Å²) >= 11 is 0. The van der Waals surface area contributed by atoms with Gasteiger partial charge in [-0.25, -0.2) is 4.79 Å². The van der Waals surface area contributed by atoms with Crippen molar-refractivity contribution >= 4 is 53.3 Å². The van der Waals surface area contributed by atoms with Crippen molar-refractivity contribution in [1.29, 1.82) is 0 Å². The molecular weight excluding hydrogens is 790 g/mol. The van der Waals surface area contributed by atoms with Gasteiger partial charge in [-0.15, -0.1) is 0 Å².